The van der Waals surface area contributed by atoms with Crippen molar-refractivity contribution in [1.82, 2.24) is 26.2 Å². The van der Waals surface area contributed by atoms with Crippen LogP contribution in [0.5, 0.6) is 5.75 Å². The largest absolute Gasteiger partial charge is 0.497 e. The zero-order valence-corrected chi connectivity index (χ0v) is 16.8. The molecule has 0 radical (unpaired) electrons. The molecule has 0 bridgehead atoms. The predicted molar refractivity (Wildman–Crippen MR) is 109 cm³/mol. The van der Waals surface area contributed by atoms with Gasteiger partial charge in [-0.25, -0.2) is 4.79 Å². The average molecular weight is 379 g/mol. The van der Waals surface area contributed by atoms with Crippen molar-refractivity contribution in [3.63, 3.8) is 0 Å². The quantitative estimate of drug-likeness (QED) is 0.417. The number of hydrogen-bond acceptors (Lipinski definition) is 6. The van der Waals surface area contributed by atoms with Gasteiger partial charge < -0.3 is 25.6 Å². The number of carbonyl (C=O) groups is 1. The summed E-state index contributed by atoms with van der Waals surface area (Å²) in [6.07, 6.45) is 3.14. The van der Waals surface area contributed by atoms with E-state index < -0.39 is 0 Å². The number of ether oxygens (including phenoxy) is 1. The Morgan fingerprint density at radius 3 is 2.85 bits per heavy atom. The van der Waals surface area contributed by atoms with Gasteiger partial charge in [0, 0.05) is 17.8 Å². The number of rotatable bonds is 9. The Bertz CT molecular complexity index is 583. The Balaban J connectivity index is 1.75. The molecule has 3 unspecified atom stereocenters. The molecule has 5 N–H and O–H groups in total. The summed E-state index contributed by atoms with van der Waals surface area (Å²) in [6.45, 7) is 4.18. The van der Waals surface area contributed by atoms with Gasteiger partial charge in [0.1, 0.15) is 12.0 Å². The van der Waals surface area contributed by atoms with Crippen molar-refractivity contribution in [1.29, 1.82) is 0 Å². The second-order valence-corrected chi connectivity index (χ2v) is 7.25. The van der Waals surface area contributed by atoms with Crippen LogP contribution in [0.3, 0.4) is 0 Å². The Labute approximate surface area is 162 Å². The normalized spacial score (nSPS) is 22.5. The van der Waals surface area contributed by atoms with Crippen LogP contribution in [0.15, 0.2) is 24.3 Å². The standard InChI is InChI=1S/C19H34N6O2/c1-14-12-17(20-10-5-6-11-25(2)3)23-18(21-14)24-19(26)22-15-8-7-9-16(13-15)27-4/h7-9,13-14,17-18,20-21,23H,5-6,10-12H2,1-4H3,(H2,22,24,26). The first kappa shape index (κ1) is 21.4. The lowest BCUT2D eigenvalue weighted by atomic mass is 10.1. The summed E-state index contributed by atoms with van der Waals surface area (Å²) in [4.78, 5) is 14.5. The van der Waals surface area contributed by atoms with Crippen LogP contribution in [0.2, 0.25) is 0 Å². The number of urea groups is 1. The van der Waals surface area contributed by atoms with E-state index >= 15 is 0 Å². The molecule has 152 valence electrons. The van der Waals surface area contributed by atoms with E-state index in [2.05, 4.69) is 52.5 Å². The highest BCUT2D eigenvalue weighted by molar-refractivity contribution is 5.89. The summed E-state index contributed by atoms with van der Waals surface area (Å²) in [5.74, 6) is 0.703. The van der Waals surface area contributed by atoms with E-state index in [9.17, 15) is 4.79 Å². The first-order chi connectivity index (χ1) is 13.0. The maximum atomic E-state index is 12.3. The number of amides is 2. The molecule has 2 rings (SSSR count). The molecule has 0 aromatic heterocycles. The summed E-state index contributed by atoms with van der Waals surface area (Å²) in [5.41, 5.74) is 0.686. The molecular formula is C19H34N6O2. The zero-order valence-electron chi connectivity index (χ0n) is 16.8. The Morgan fingerprint density at radius 2 is 2.11 bits per heavy atom. The Morgan fingerprint density at radius 1 is 1.30 bits per heavy atom. The second-order valence-electron chi connectivity index (χ2n) is 7.25. The first-order valence-electron chi connectivity index (χ1n) is 9.58. The number of methoxy groups -OCH3 is 1. The monoisotopic (exact) mass is 378 g/mol. The van der Waals surface area contributed by atoms with Gasteiger partial charge >= 0.3 is 6.03 Å². The molecule has 8 nitrogen and oxygen atoms in total. The molecule has 3 atom stereocenters. The van der Waals surface area contributed by atoms with E-state index in [-0.39, 0.29) is 18.5 Å². The molecular weight excluding hydrogens is 344 g/mol. The van der Waals surface area contributed by atoms with E-state index in [0.717, 1.165) is 25.9 Å². The third-order valence-electron chi connectivity index (χ3n) is 4.43. The minimum absolute atomic E-state index is 0.169. The van der Waals surface area contributed by atoms with Gasteiger partial charge in [-0.3, -0.25) is 10.6 Å². The number of unbranched alkanes of at least 4 members (excludes halogenated alkanes) is 1. The minimum Gasteiger partial charge on any atom is -0.497 e. The van der Waals surface area contributed by atoms with Crippen molar-refractivity contribution >= 4 is 11.7 Å². The molecule has 1 aromatic carbocycles. The third kappa shape index (κ3) is 8.13. The molecule has 1 aliphatic rings. The highest BCUT2D eigenvalue weighted by Crippen LogP contribution is 2.16. The van der Waals surface area contributed by atoms with Crippen LogP contribution in [0.25, 0.3) is 0 Å². The van der Waals surface area contributed by atoms with Crippen LogP contribution in [0, 0.1) is 0 Å². The van der Waals surface area contributed by atoms with Crippen LogP contribution >= 0.6 is 0 Å². The zero-order chi connectivity index (χ0) is 19.6. The number of benzene rings is 1. The molecule has 0 saturated carbocycles. The fraction of sp³-hybridized carbons (Fsp3) is 0.632. The lowest BCUT2D eigenvalue weighted by Crippen LogP contribution is -2.67. The number of nitrogens with zero attached hydrogens (tertiary/aromatic N) is 1. The van der Waals surface area contributed by atoms with E-state index in [0.29, 0.717) is 17.5 Å². The number of carbonyl (C=O) groups excluding carboxylic acids is 1. The topological polar surface area (TPSA) is 89.7 Å². The van der Waals surface area contributed by atoms with E-state index in [1.54, 1.807) is 13.2 Å². The summed E-state index contributed by atoms with van der Waals surface area (Å²) < 4.78 is 5.18. The van der Waals surface area contributed by atoms with E-state index in [1.807, 2.05) is 18.2 Å². The van der Waals surface area contributed by atoms with E-state index in [4.69, 9.17) is 4.74 Å². The third-order valence-corrected chi connectivity index (χ3v) is 4.43. The number of hydrogen-bond donors (Lipinski definition) is 5. The molecule has 1 aliphatic heterocycles. The number of nitrogens with one attached hydrogen (secondary N) is 5. The highest BCUT2D eigenvalue weighted by Gasteiger charge is 2.25. The van der Waals surface area contributed by atoms with Crippen LogP contribution < -0.4 is 31.3 Å². The van der Waals surface area contributed by atoms with Crippen LogP contribution in [-0.4, -0.2) is 63.7 Å². The molecule has 1 saturated heterocycles. The van der Waals surface area contributed by atoms with Crippen molar-refractivity contribution in [2.45, 2.75) is 44.7 Å². The SMILES string of the molecule is COc1cccc(NC(=O)NC2NC(C)CC(NCCCCN(C)C)N2)c1. The van der Waals surface area contributed by atoms with Crippen molar-refractivity contribution in [2.24, 2.45) is 0 Å². The highest BCUT2D eigenvalue weighted by atomic mass is 16.5. The maximum Gasteiger partial charge on any atom is 0.321 e. The average Bonchev–Trinajstić information content (AvgIpc) is 2.60. The Kier molecular flexibility index (Phi) is 8.80. The summed E-state index contributed by atoms with van der Waals surface area (Å²) in [5, 5.41) is 16.0. The van der Waals surface area contributed by atoms with Crippen LogP contribution in [0.1, 0.15) is 26.2 Å². The first-order valence-corrected chi connectivity index (χ1v) is 9.58. The minimum atomic E-state index is -0.293. The lowest BCUT2D eigenvalue weighted by molar-refractivity contribution is 0.193. The second kappa shape index (κ2) is 11.1. The van der Waals surface area contributed by atoms with Crippen molar-refractivity contribution in [3.05, 3.63) is 24.3 Å². The van der Waals surface area contributed by atoms with Gasteiger partial charge in [-0.2, -0.15) is 0 Å². The van der Waals surface area contributed by atoms with Gasteiger partial charge in [0.2, 0.25) is 0 Å². The van der Waals surface area contributed by atoms with Crippen molar-refractivity contribution in [2.75, 3.05) is 39.6 Å². The molecule has 2 amide bonds. The fourth-order valence-electron chi connectivity index (χ4n) is 3.08. The molecule has 27 heavy (non-hydrogen) atoms. The van der Waals surface area contributed by atoms with Crippen molar-refractivity contribution < 1.29 is 9.53 Å². The van der Waals surface area contributed by atoms with Gasteiger partial charge in [0.15, 0.2) is 0 Å². The van der Waals surface area contributed by atoms with E-state index in [1.165, 1.54) is 6.42 Å². The van der Waals surface area contributed by atoms with Crippen molar-refractivity contribution in [3.8, 4) is 5.75 Å². The van der Waals surface area contributed by atoms with Gasteiger partial charge in [-0.15, -0.1) is 0 Å². The van der Waals surface area contributed by atoms with Gasteiger partial charge in [0.25, 0.3) is 0 Å². The molecule has 1 fully saturated rings. The molecule has 8 heteroatoms. The Hall–Kier alpha value is -1.87. The van der Waals surface area contributed by atoms with Crippen LogP contribution in [-0.2, 0) is 0 Å². The predicted octanol–water partition coefficient (Wildman–Crippen LogP) is 1.33. The van der Waals surface area contributed by atoms with Gasteiger partial charge in [0.05, 0.1) is 13.3 Å². The summed E-state index contributed by atoms with van der Waals surface area (Å²) in [6, 6.07) is 7.31. The molecule has 1 aromatic rings. The van der Waals surface area contributed by atoms with Gasteiger partial charge in [-0.1, -0.05) is 6.07 Å². The van der Waals surface area contributed by atoms with Gasteiger partial charge in [-0.05, 0) is 65.5 Å². The maximum absolute atomic E-state index is 12.3. The smallest absolute Gasteiger partial charge is 0.321 e. The molecule has 1 heterocycles. The summed E-state index contributed by atoms with van der Waals surface area (Å²) in [7, 11) is 5.79. The number of anilines is 1. The molecule has 0 spiro atoms. The summed E-state index contributed by atoms with van der Waals surface area (Å²) >= 11 is 0. The fourth-order valence-corrected chi connectivity index (χ4v) is 3.08. The van der Waals surface area contributed by atoms with Crippen LogP contribution in [0.4, 0.5) is 10.5 Å². The lowest BCUT2D eigenvalue weighted by Gasteiger charge is -2.36. The molecule has 0 aliphatic carbocycles.